The standard InChI is InChI=1S/C12H17N3O3/c1-12(3-2-4-18-12)7-15-10-9(11(16)17)5-8(13)6-14-10/h5-6H,2-4,7,13H2,1H3,(H,14,15)(H,16,17). The molecule has 2 heterocycles. The second kappa shape index (κ2) is 4.81. The average molecular weight is 251 g/mol. The van der Waals surface area contributed by atoms with Crippen molar-refractivity contribution in [2.24, 2.45) is 0 Å². The van der Waals surface area contributed by atoms with Gasteiger partial charge < -0.3 is 20.9 Å². The number of ether oxygens (including phenoxy) is 1. The number of rotatable bonds is 4. The zero-order valence-corrected chi connectivity index (χ0v) is 10.3. The maximum absolute atomic E-state index is 11.1. The molecule has 1 aromatic heterocycles. The summed E-state index contributed by atoms with van der Waals surface area (Å²) in [6.45, 7) is 3.29. The molecule has 0 aliphatic carbocycles. The van der Waals surface area contributed by atoms with Gasteiger partial charge in [0.25, 0.3) is 0 Å². The molecule has 1 aromatic rings. The predicted molar refractivity (Wildman–Crippen MR) is 67.7 cm³/mol. The molecule has 0 amide bonds. The van der Waals surface area contributed by atoms with Gasteiger partial charge in [-0.15, -0.1) is 0 Å². The van der Waals surface area contributed by atoms with E-state index in [0.717, 1.165) is 19.4 Å². The third kappa shape index (κ3) is 2.70. The van der Waals surface area contributed by atoms with Crippen LogP contribution in [-0.4, -0.2) is 34.8 Å². The number of nitrogens with zero attached hydrogens (tertiary/aromatic N) is 1. The minimum Gasteiger partial charge on any atom is -0.478 e. The summed E-state index contributed by atoms with van der Waals surface area (Å²) < 4.78 is 5.62. The lowest BCUT2D eigenvalue weighted by Gasteiger charge is -2.24. The highest BCUT2D eigenvalue weighted by Gasteiger charge is 2.30. The first-order valence-corrected chi connectivity index (χ1v) is 5.87. The molecule has 1 unspecified atom stereocenters. The smallest absolute Gasteiger partial charge is 0.339 e. The molecule has 0 radical (unpaired) electrons. The number of nitrogens with two attached hydrogens (primary N) is 1. The van der Waals surface area contributed by atoms with Gasteiger partial charge in [0.2, 0.25) is 0 Å². The Balaban J connectivity index is 2.11. The van der Waals surface area contributed by atoms with E-state index in [1.165, 1.54) is 12.3 Å². The molecule has 0 aromatic carbocycles. The number of nitrogen functional groups attached to an aromatic ring is 1. The van der Waals surface area contributed by atoms with E-state index < -0.39 is 5.97 Å². The normalized spacial score (nSPS) is 22.9. The van der Waals surface area contributed by atoms with Crippen LogP contribution in [0.2, 0.25) is 0 Å². The molecule has 4 N–H and O–H groups in total. The van der Waals surface area contributed by atoms with E-state index in [9.17, 15) is 4.79 Å². The second-order valence-electron chi connectivity index (χ2n) is 4.73. The zero-order chi connectivity index (χ0) is 13.2. The summed E-state index contributed by atoms with van der Waals surface area (Å²) in [5, 5.41) is 12.1. The number of carbonyl (C=O) groups is 1. The Hall–Kier alpha value is -1.82. The van der Waals surface area contributed by atoms with Gasteiger partial charge in [-0.1, -0.05) is 0 Å². The fraction of sp³-hybridized carbons (Fsp3) is 0.500. The van der Waals surface area contributed by atoms with Crippen molar-refractivity contribution in [2.75, 3.05) is 24.2 Å². The summed E-state index contributed by atoms with van der Waals surface area (Å²) >= 11 is 0. The first-order valence-electron chi connectivity index (χ1n) is 5.87. The van der Waals surface area contributed by atoms with Gasteiger partial charge in [-0.25, -0.2) is 9.78 Å². The average Bonchev–Trinajstić information content (AvgIpc) is 2.75. The van der Waals surface area contributed by atoms with Crippen molar-refractivity contribution in [1.29, 1.82) is 0 Å². The van der Waals surface area contributed by atoms with Crippen molar-refractivity contribution in [3.8, 4) is 0 Å². The number of carboxylic acids is 1. The lowest BCUT2D eigenvalue weighted by molar-refractivity contribution is 0.0314. The summed E-state index contributed by atoms with van der Waals surface area (Å²) in [4.78, 5) is 15.1. The highest BCUT2D eigenvalue weighted by molar-refractivity contribution is 5.94. The van der Waals surface area contributed by atoms with Crippen molar-refractivity contribution in [3.05, 3.63) is 17.8 Å². The highest BCUT2D eigenvalue weighted by atomic mass is 16.5. The van der Waals surface area contributed by atoms with Gasteiger partial charge in [0, 0.05) is 13.2 Å². The summed E-state index contributed by atoms with van der Waals surface area (Å²) in [6.07, 6.45) is 3.42. The Morgan fingerprint density at radius 2 is 2.50 bits per heavy atom. The Morgan fingerprint density at radius 3 is 3.11 bits per heavy atom. The Morgan fingerprint density at radius 1 is 1.72 bits per heavy atom. The van der Waals surface area contributed by atoms with Crippen molar-refractivity contribution in [2.45, 2.75) is 25.4 Å². The molecular formula is C12H17N3O3. The first kappa shape index (κ1) is 12.6. The monoisotopic (exact) mass is 251 g/mol. The van der Waals surface area contributed by atoms with E-state index in [-0.39, 0.29) is 11.2 Å². The van der Waals surface area contributed by atoms with Gasteiger partial charge in [-0.3, -0.25) is 0 Å². The Bertz CT molecular complexity index is 456. The fourth-order valence-electron chi connectivity index (χ4n) is 2.03. The van der Waals surface area contributed by atoms with Crippen LogP contribution in [0.4, 0.5) is 11.5 Å². The van der Waals surface area contributed by atoms with E-state index >= 15 is 0 Å². The quantitative estimate of drug-likeness (QED) is 0.747. The minimum atomic E-state index is -1.05. The van der Waals surface area contributed by atoms with E-state index in [1.807, 2.05) is 6.92 Å². The van der Waals surface area contributed by atoms with Crippen LogP contribution in [0.5, 0.6) is 0 Å². The molecule has 18 heavy (non-hydrogen) atoms. The molecule has 2 rings (SSSR count). The van der Waals surface area contributed by atoms with Crippen LogP contribution >= 0.6 is 0 Å². The number of anilines is 2. The third-order valence-electron chi connectivity index (χ3n) is 3.07. The highest BCUT2D eigenvalue weighted by Crippen LogP contribution is 2.26. The molecule has 0 bridgehead atoms. The van der Waals surface area contributed by atoms with Crippen LogP contribution in [0.1, 0.15) is 30.1 Å². The predicted octanol–water partition coefficient (Wildman–Crippen LogP) is 1.34. The van der Waals surface area contributed by atoms with Gasteiger partial charge >= 0.3 is 5.97 Å². The summed E-state index contributed by atoms with van der Waals surface area (Å²) in [5.74, 6) is -0.719. The summed E-state index contributed by atoms with van der Waals surface area (Å²) in [5.41, 5.74) is 5.69. The number of hydrogen-bond acceptors (Lipinski definition) is 5. The topological polar surface area (TPSA) is 97.5 Å². The molecule has 1 saturated heterocycles. The molecular weight excluding hydrogens is 234 g/mol. The first-order chi connectivity index (χ1) is 8.50. The maximum atomic E-state index is 11.1. The number of hydrogen-bond donors (Lipinski definition) is 3. The number of aromatic nitrogens is 1. The van der Waals surface area contributed by atoms with E-state index in [1.54, 1.807) is 0 Å². The zero-order valence-electron chi connectivity index (χ0n) is 10.3. The number of nitrogens with one attached hydrogen (secondary N) is 1. The number of pyridine rings is 1. The molecule has 98 valence electrons. The van der Waals surface area contributed by atoms with E-state index in [2.05, 4.69) is 10.3 Å². The van der Waals surface area contributed by atoms with Gasteiger partial charge in [-0.2, -0.15) is 0 Å². The van der Waals surface area contributed by atoms with Gasteiger partial charge in [-0.05, 0) is 25.8 Å². The molecule has 1 aliphatic rings. The van der Waals surface area contributed by atoms with Crippen LogP contribution in [0.25, 0.3) is 0 Å². The number of carboxylic acid groups (broad SMARTS) is 1. The van der Waals surface area contributed by atoms with Crippen molar-refractivity contribution < 1.29 is 14.6 Å². The Kier molecular flexibility index (Phi) is 3.38. The largest absolute Gasteiger partial charge is 0.478 e. The lowest BCUT2D eigenvalue weighted by atomic mass is 10.0. The van der Waals surface area contributed by atoms with Crippen LogP contribution in [0.3, 0.4) is 0 Å². The van der Waals surface area contributed by atoms with Crippen LogP contribution < -0.4 is 11.1 Å². The maximum Gasteiger partial charge on any atom is 0.339 e. The lowest BCUT2D eigenvalue weighted by Crippen LogP contribution is -2.33. The molecule has 0 saturated carbocycles. The molecule has 6 heteroatoms. The third-order valence-corrected chi connectivity index (χ3v) is 3.07. The SMILES string of the molecule is CC1(CNc2ncc(N)cc2C(=O)O)CCCO1. The van der Waals surface area contributed by atoms with Gasteiger partial charge in [0.05, 0.1) is 17.5 Å². The van der Waals surface area contributed by atoms with Crippen LogP contribution in [0.15, 0.2) is 12.3 Å². The van der Waals surface area contributed by atoms with Crippen molar-refractivity contribution in [3.63, 3.8) is 0 Å². The molecule has 1 atom stereocenters. The summed E-state index contributed by atoms with van der Waals surface area (Å²) in [7, 11) is 0. The number of aromatic carboxylic acids is 1. The van der Waals surface area contributed by atoms with Crippen LogP contribution in [0, 0.1) is 0 Å². The Labute approximate surface area is 105 Å². The van der Waals surface area contributed by atoms with E-state index in [4.69, 9.17) is 15.6 Å². The summed E-state index contributed by atoms with van der Waals surface area (Å²) in [6, 6.07) is 1.40. The molecule has 1 aliphatic heterocycles. The molecule has 1 fully saturated rings. The second-order valence-corrected chi connectivity index (χ2v) is 4.73. The molecule has 6 nitrogen and oxygen atoms in total. The van der Waals surface area contributed by atoms with Gasteiger partial charge in [0.1, 0.15) is 11.4 Å². The van der Waals surface area contributed by atoms with Crippen molar-refractivity contribution in [1.82, 2.24) is 4.98 Å². The molecule has 0 spiro atoms. The van der Waals surface area contributed by atoms with Gasteiger partial charge in [0.15, 0.2) is 0 Å². The van der Waals surface area contributed by atoms with Crippen LogP contribution in [-0.2, 0) is 4.74 Å². The fourth-order valence-corrected chi connectivity index (χ4v) is 2.03. The van der Waals surface area contributed by atoms with Crippen molar-refractivity contribution >= 4 is 17.5 Å². The minimum absolute atomic E-state index is 0.0802. The van der Waals surface area contributed by atoms with E-state index in [0.29, 0.717) is 18.1 Å².